The van der Waals surface area contributed by atoms with Crippen molar-refractivity contribution in [2.24, 2.45) is 0 Å². The number of hydrogen-bond donors (Lipinski definition) is 0. The molecule has 6 nitrogen and oxygen atoms in total. The van der Waals surface area contributed by atoms with Gasteiger partial charge in [-0.2, -0.15) is 0 Å². The Morgan fingerprint density at radius 2 is 0.938 bits per heavy atom. The van der Waals surface area contributed by atoms with Crippen molar-refractivity contribution < 1.29 is 27.0 Å². The van der Waals surface area contributed by atoms with Gasteiger partial charge >= 0.3 is 23.1 Å². The summed E-state index contributed by atoms with van der Waals surface area (Å²) in [7, 11) is -5.17. The van der Waals surface area contributed by atoms with Gasteiger partial charge in [0.15, 0.2) is 0 Å². The van der Waals surface area contributed by atoms with Gasteiger partial charge < -0.3 is 18.6 Å². The first-order valence-electron chi connectivity index (χ1n) is 4.65. The van der Waals surface area contributed by atoms with Crippen LogP contribution in [-0.2, 0) is 19.9 Å². The SMILES string of the molecule is CCOCC.CCOCC.O=S(=O)([O-])[O-].[Mg+2]. The van der Waals surface area contributed by atoms with E-state index in [-0.39, 0.29) is 23.1 Å². The fourth-order valence-electron chi connectivity index (χ4n) is 0.408. The quantitative estimate of drug-likeness (QED) is 0.415. The zero-order valence-electron chi connectivity index (χ0n) is 10.4. The molecule has 0 spiro atoms. The van der Waals surface area contributed by atoms with Crippen LogP contribution in [0.3, 0.4) is 0 Å². The molecule has 0 aromatic carbocycles. The third-order valence-electron chi connectivity index (χ3n) is 0.816. The zero-order chi connectivity index (χ0) is 12.7. The summed E-state index contributed by atoms with van der Waals surface area (Å²) < 4.78 is 43.8. The molecule has 0 fully saturated rings. The van der Waals surface area contributed by atoms with E-state index in [2.05, 4.69) is 0 Å². The molecule has 0 N–H and O–H groups in total. The van der Waals surface area contributed by atoms with E-state index in [1.165, 1.54) is 0 Å². The summed E-state index contributed by atoms with van der Waals surface area (Å²) >= 11 is 0. The maximum absolute atomic E-state index is 8.52. The number of ether oxygens (including phenoxy) is 2. The van der Waals surface area contributed by atoms with E-state index in [0.717, 1.165) is 26.4 Å². The maximum Gasteiger partial charge on any atom is 2.00 e. The molecule has 0 radical (unpaired) electrons. The Bertz CT molecular complexity index is 165. The Hall–Kier alpha value is 0.556. The molecular weight excluding hydrogens is 248 g/mol. The third-order valence-corrected chi connectivity index (χ3v) is 0.816. The summed E-state index contributed by atoms with van der Waals surface area (Å²) in [5, 5.41) is 0. The van der Waals surface area contributed by atoms with Crippen LogP contribution in [0.1, 0.15) is 27.7 Å². The van der Waals surface area contributed by atoms with Gasteiger partial charge in [0.2, 0.25) is 0 Å². The van der Waals surface area contributed by atoms with Crippen molar-refractivity contribution in [1.29, 1.82) is 0 Å². The molecule has 0 aliphatic carbocycles. The van der Waals surface area contributed by atoms with Crippen LogP contribution in [0, 0.1) is 0 Å². The predicted octanol–water partition coefficient (Wildman–Crippen LogP) is 0.367. The molecule has 96 valence electrons. The monoisotopic (exact) mass is 268 g/mol. The molecule has 0 aromatic heterocycles. The van der Waals surface area contributed by atoms with Crippen molar-refractivity contribution in [2.45, 2.75) is 27.7 Å². The number of hydrogen-bond acceptors (Lipinski definition) is 6. The van der Waals surface area contributed by atoms with Crippen LogP contribution in [0.5, 0.6) is 0 Å². The van der Waals surface area contributed by atoms with Gasteiger partial charge in [-0.05, 0) is 27.7 Å². The standard InChI is InChI=1S/2C4H10O.Mg.H2O4S/c2*1-3-5-4-2;;1-5(2,3)4/h2*3-4H2,1-2H3;;(H2,1,2,3,4)/q;;+2;/p-2. The van der Waals surface area contributed by atoms with Crippen molar-refractivity contribution in [2.75, 3.05) is 26.4 Å². The summed E-state index contributed by atoms with van der Waals surface area (Å²) in [6.45, 7) is 11.3. The van der Waals surface area contributed by atoms with Gasteiger partial charge in [0, 0.05) is 36.8 Å². The van der Waals surface area contributed by atoms with Gasteiger partial charge in [0.25, 0.3) is 0 Å². The minimum absolute atomic E-state index is 0. The molecule has 0 unspecified atom stereocenters. The minimum atomic E-state index is -5.17. The zero-order valence-corrected chi connectivity index (χ0v) is 12.6. The van der Waals surface area contributed by atoms with Gasteiger partial charge in [0.05, 0.1) is 0 Å². The Kier molecular flexibility index (Phi) is 33.2. The van der Waals surface area contributed by atoms with E-state index in [1.807, 2.05) is 27.7 Å². The van der Waals surface area contributed by atoms with Crippen molar-refractivity contribution in [3.63, 3.8) is 0 Å². The van der Waals surface area contributed by atoms with E-state index < -0.39 is 10.4 Å². The van der Waals surface area contributed by atoms with E-state index in [1.54, 1.807) is 0 Å². The maximum atomic E-state index is 8.52. The largest absolute Gasteiger partial charge is 2.00 e. The summed E-state index contributed by atoms with van der Waals surface area (Å²) in [5.41, 5.74) is 0. The fourth-order valence-corrected chi connectivity index (χ4v) is 0.408. The second-order valence-electron chi connectivity index (χ2n) is 1.97. The Balaban J connectivity index is -0.0000000655. The average molecular weight is 269 g/mol. The van der Waals surface area contributed by atoms with Gasteiger partial charge in [-0.25, -0.2) is 0 Å². The molecule has 0 aromatic rings. The Morgan fingerprint density at radius 3 is 0.938 bits per heavy atom. The Morgan fingerprint density at radius 1 is 0.812 bits per heavy atom. The average Bonchev–Trinajstić information content (AvgIpc) is 2.05. The molecule has 0 saturated carbocycles. The molecule has 0 atom stereocenters. The van der Waals surface area contributed by atoms with E-state index in [0.29, 0.717) is 0 Å². The van der Waals surface area contributed by atoms with Gasteiger partial charge in [-0.1, -0.05) is 0 Å². The molecule has 0 amide bonds. The molecule has 0 aliphatic heterocycles. The van der Waals surface area contributed by atoms with E-state index in [9.17, 15) is 0 Å². The van der Waals surface area contributed by atoms with Crippen LogP contribution in [0.15, 0.2) is 0 Å². The van der Waals surface area contributed by atoms with Crippen LogP contribution >= 0.6 is 0 Å². The van der Waals surface area contributed by atoms with Gasteiger partial charge in [-0.15, -0.1) is 0 Å². The molecular formula is C8H20MgO6S. The first-order chi connectivity index (χ1) is 6.83. The second-order valence-corrected chi connectivity index (χ2v) is 2.79. The fraction of sp³-hybridized carbons (Fsp3) is 1.00. The topological polar surface area (TPSA) is 98.7 Å². The molecule has 16 heavy (non-hydrogen) atoms. The second kappa shape index (κ2) is 20.9. The van der Waals surface area contributed by atoms with Crippen LogP contribution in [0.25, 0.3) is 0 Å². The van der Waals surface area contributed by atoms with Crippen LogP contribution in [0.4, 0.5) is 0 Å². The number of rotatable bonds is 4. The minimum Gasteiger partial charge on any atom is -0.759 e. The summed E-state index contributed by atoms with van der Waals surface area (Å²) in [5.74, 6) is 0. The molecule has 0 heterocycles. The normalized spacial score (nSPS) is 8.88. The first-order valence-corrected chi connectivity index (χ1v) is 5.98. The molecule has 8 heteroatoms. The summed E-state index contributed by atoms with van der Waals surface area (Å²) in [6, 6.07) is 0. The third kappa shape index (κ3) is 129. The van der Waals surface area contributed by atoms with E-state index in [4.69, 9.17) is 27.0 Å². The molecule has 0 rings (SSSR count). The summed E-state index contributed by atoms with van der Waals surface area (Å²) in [6.07, 6.45) is 0. The summed E-state index contributed by atoms with van der Waals surface area (Å²) in [4.78, 5) is 0. The van der Waals surface area contributed by atoms with Gasteiger partial charge in [0.1, 0.15) is 0 Å². The molecule has 0 saturated heterocycles. The first kappa shape index (κ1) is 25.4. The predicted molar refractivity (Wildman–Crippen MR) is 60.6 cm³/mol. The van der Waals surface area contributed by atoms with Gasteiger partial charge in [-0.3, -0.25) is 8.42 Å². The van der Waals surface area contributed by atoms with E-state index >= 15 is 0 Å². The van der Waals surface area contributed by atoms with Crippen molar-refractivity contribution in [1.82, 2.24) is 0 Å². The van der Waals surface area contributed by atoms with Crippen LogP contribution < -0.4 is 0 Å². The van der Waals surface area contributed by atoms with Crippen molar-refractivity contribution >= 4 is 33.5 Å². The van der Waals surface area contributed by atoms with Crippen LogP contribution in [-0.4, -0.2) is 67.0 Å². The van der Waals surface area contributed by atoms with Crippen molar-refractivity contribution in [3.8, 4) is 0 Å². The molecule has 0 bridgehead atoms. The Labute approximate surface area is 114 Å². The van der Waals surface area contributed by atoms with Crippen molar-refractivity contribution in [3.05, 3.63) is 0 Å². The smallest absolute Gasteiger partial charge is 0.759 e. The molecule has 0 aliphatic rings. The van der Waals surface area contributed by atoms with Crippen LogP contribution in [0.2, 0.25) is 0 Å².